The maximum absolute atomic E-state index is 5.61. The Balaban J connectivity index is 1.94. The van der Waals surface area contributed by atoms with Gasteiger partial charge in [0, 0.05) is 41.8 Å². The number of halogens is 2. The fourth-order valence-electron chi connectivity index (χ4n) is 1.82. The lowest BCUT2D eigenvalue weighted by atomic mass is 10.2. The van der Waals surface area contributed by atoms with Crippen LogP contribution in [0.2, 0.25) is 0 Å². The van der Waals surface area contributed by atoms with E-state index in [-0.39, 0.29) is 0 Å². The molecule has 0 amide bonds. The fraction of sp³-hybridized carbons (Fsp3) is 0.545. The normalized spacial score (nSPS) is 22.2. The standard InChI is InChI=1S/C11H14Br2N2O/c12-4-11-8-15(1-2-16-11)7-9-3-10(13)6-14-5-9/h3,5-6,11H,1-2,4,7-8H2. The van der Waals surface area contributed by atoms with Gasteiger partial charge in [0.05, 0.1) is 12.7 Å². The summed E-state index contributed by atoms with van der Waals surface area (Å²) < 4.78 is 6.64. The number of hydrogen-bond acceptors (Lipinski definition) is 3. The van der Waals surface area contributed by atoms with Gasteiger partial charge in [-0.05, 0) is 27.6 Å². The molecule has 0 radical (unpaired) electrons. The van der Waals surface area contributed by atoms with Gasteiger partial charge >= 0.3 is 0 Å². The van der Waals surface area contributed by atoms with Crippen LogP contribution >= 0.6 is 31.9 Å². The van der Waals surface area contributed by atoms with Gasteiger partial charge < -0.3 is 4.74 Å². The Morgan fingerprint density at radius 2 is 2.38 bits per heavy atom. The van der Waals surface area contributed by atoms with E-state index in [2.05, 4.69) is 47.8 Å². The lowest BCUT2D eigenvalue weighted by Gasteiger charge is -2.31. The number of nitrogens with zero attached hydrogens (tertiary/aromatic N) is 2. The third kappa shape index (κ3) is 3.52. The van der Waals surface area contributed by atoms with Crippen LogP contribution in [-0.2, 0) is 11.3 Å². The molecular formula is C11H14Br2N2O. The molecule has 0 saturated carbocycles. The van der Waals surface area contributed by atoms with Gasteiger partial charge in [-0.15, -0.1) is 0 Å². The minimum Gasteiger partial charge on any atom is -0.375 e. The van der Waals surface area contributed by atoms with Crippen molar-refractivity contribution in [3.05, 3.63) is 28.5 Å². The van der Waals surface area contributed by atoms with Crippen molar-refractivity contribution in [3.63, 3.8) is 0 Å². The molecule has 88 valence electrons. The Bertz CT molecular complexity index is 349. The monoisotopic (exact) mass is 348 g/mol. The van der Waals surface area contributed by atoms with Crippen molar-refractivity contribution in [3.8, 4) is 0 Å². The Labute approximate surface area is 112 Å². The van der Waals surface area contributed by atoms with E-state index in [1.54, 1.807) is 0 Å². The Morgan fingerprint density at radius 1 is 1.50 bits per heavy atom. The molecule has 2 rings (SSSR count). The molecule has 1 atom stereocenters. The van der Waals surface area contributed by atoms with Crippen molar-refractivity contribution in [2.24, 2.45) is 0 Å². The van der Waals surface area contributed by atoms with E-state index in [0.717, 1.165) is 36.0 Å². The van der Waals surface area contributed by atoms with E-state index in [0.29, 0.717) is 6.10 Å². The largest absolute Gasteiger partial charge is 0.375 e. The first-order valence-corrected chi connectivity index (χ1v) is 7.18. The summed E-state index contributed by atoms with van der Waals surface area (Å²) in [4.78, 5) is 6.58. The highest BCUT2D eigenvalue weighted by atomic mass is 79.9. The predicted octanol–water partition coefficient (Wildman–Crippen LogP) is 2.44. The number of rotatable bonds is 3. The quantitative estimate of drug-likeness (QED) is 0.784. The van der Waals surface area contributed by atoms with Crippen LogP contribution in [0.5, 0.6) is 0 Å². The number of hydrogen-bond donors (Lipinski definition) is 0. The highest BCUT2D eigenvalue weighted by Gasteiger charge is 2.19. The highest BCUT2D eigenvalue weighted by Crippen LogP contribution is 2.14. The molecule has 5 heteroatoms. The molecule has 3 nitrogen and oxygen atoms in total. The molecule has 16 heavy (non-hydrogen) atoms. The van der Waals surface area contributed by atoms with Crippen molar-refractivity contribution in [1.82, 2.24) is 9.88 Å². The first kappa shape index (κ1) is 12.5. The number of morpholine rings is 1. The number of ether oxygens (including phenoxy) is 1. The minimum atomic E-state index is 0.314. The Morgan fingerprint density at radius 3 is 3.12 bits per heavy atom. The maximum atomic E-state index is 5.61. The zero-order valence-corrected chi connectivity index (χ0v) is 12.1. The third-order valence-electron chi connectivity index (χ3n) is 2.56. The van der Waals surface area contributed by atoms with Gasteiger partial charge in [-0.1, -0.05) is 15.9 Å². The molecule has 1 fully saturated rings. The van der Waals surface area contributed by atoms with Gasteiger partial charge in [-0.25, -0.2) is 0 Å². The maximum Gasteiger partial charge on any atom is 0.0799 e. The highest BCUT2D eigenvalue weighted by molar-refractivity contribution is 9.10. The second kappa shape index (κ2) is 6.10. The lowest BCUT2D eigenvalue weighted by molar-refractivity contribution is -0.0181. The van der Waals surface area contributed by atoms with Crippen LogP contribution < -0.4 is 0 Å². The van der Waals surface area contributed by atoms with E-state index >= 15 is 0 Å². The van der Waals surface area contributed by atoms with Crippen molar-refractivity contribution in [2.45, 2.75) is 12.6 Å². The van der Waals surface area contributed by atoms with Crippen LogP contribution in [0.3, 0.4) is 0 Å². The summed E-state index contributed by atoms with van der Waals surface area (Å²) in [5, 5.41) is 0.903. The van der Waals surface area contributed by atoms with E-state index in [1.165, 1.54) is 5.56 Å². The molecule has 2 heterocycles. The summed E-state index contributed by atoms with van der Waals surface area (Å²) in [5.74, 6) is 0. The van der Waals surface area contributed by atoms with E-state index < -0.39 is 0 Å². The van der Waals surface area contributed by atoms with E-state index in [4.69, 9.17) is 4.74 Å². The van der Waals surface area contributed by atoms with Crippen molar-refractivity contribution < 1.29 is 4.74 Å². The molecule has 1 aromatic rings. The molecule has 1 aliphatic rings. The van der Waals surface area contributed by atoms with Crippen LogP contribution in [-0.4, -0.2) is 41.0 Å². The van der Waals surface area contributed by atoms with Gasteiger partial charge in [-0.3, -0.25) is 9.88 Å². The van der Waals surface area contributed by atoms with Gasteiger partial charge in [0.2, 0.25) is 0 Å². The first-order valence-electron chi connectivity index (χ1n) is 5.27. The van der Waals surface area contributed by atoms with Gasteiger partial charge in [0.1, 0.15) is 0 Å². The molecule has 0 aliphatic carbocycles. The summed E-state index contributed by atoms with van der Waals surface area (Å²) in [7, 11) is 0. The molecule has 0 bridgehead atoms. The summed E-state index contributed by atoms with van der Waals surface area (Å²) in [5.41, 5.74) is 1.24. The zero-order chi connectivity index (χ0) is 11.4. The second-order valence-electron chi connectivity index (χ2n) is 3.89. The number of aromatic nitrogens is 1. The summed E-state index contributed by atoms with van der Waals surface area (Å²) in [6.45, 7) is 3.74. The SMILES string of the molecule is BrCC1CN(Cc2cncc(Br)c2)CCO1. The van der Waals surface area contributed by atoms with Crippen LogP contribution in [0.25, 0.3) is 0 Å². The number of alkyl halides is 1. The van der Waals surface area contributed by atoms with Gasteiger partial charge in [0.25, 0.3) is 0 Å². The Hall–Kier alpha value is 0.0300. The fourth-order valence-corrected chi connectivity index (χ4v) is 2.62. The average molecular weight is 350 g/mol. The van der Waals surface area contributed by atoms with Crippen LogP contribution in [0, 0.1) is 0 Å². The second-order valence-corrected chi connectivity index (χ2v) is 5.46. The van der Waals surface area contributed by atoms with Crippen LogP contribution in [0.15, 0.2) is 22.9 Å². The molecule has 0 spiro atoms. The summed E-state index contributed by atoms with van der Waals surface area (Å²) in [6.07, 6.45) is 4.04. The molecule has 1 aromatic heterocycles. The molecule has 0 N–H and O–H groups in total. The number of pyridine rings is 1. The first-order chi connectivity index (χ1) is 7.78. The van der Waals surface area contributed by atoms with Crippen molar-refractivity contribution in [2.75, 3.05) is 25.0 Å². The van der Waals surface area contributed by atoms with Gasteiger partial charge in [0.15, 0.2) is 0 Å². The molecule has 1 saturated heterocycles. The van der Waals surface area contributed by atoms with Crippen LogP contribution in [0.4, 0.5) is 0 Å². The summed E-state index contributed by atoms with van der Waals surface area (Å²) >= 11 is 6.90. The van der Waals surface area contributed by atoms with Gasteiger partial charge in [-0.2, -0.15) is 0 Å². The minimum absolute atomic E-state index is 0.314. The van der Waals surface area contributed by atoms with Crippen molar-refractivity contribution >= 4 is 31.9 Å². The Kier molecular flexibility index (Phi) is 4.76. The molecular weight excluding hydrogens is 336 g/mol. The van der Waals surface area contributed by atoms with Crippen LogP contribution in [0.1, 0.15) is 5.56 Å². The van der Waals surface area contributed by atoms with E-state index in [1.807, 2.05) is 12.4 Å². The predicted molar refractivity (Wildman–Crippen MR) is 70.7 cm³/mol. The third-order valence-corrected chi connectivity index (χ3v) is 3.72. The topological polar surface area (TPSA) is 25.4 Å². The van der Waals surface area contributed by atoms with Crippen molar-refractivity contribution in [1.29, 1.82) is 0 Å². The molecule has 0 aromatic carbocycles. The molecule has 1 aliphatic heterocycles. The average Bonchev–Trinajstić information content (AvgIpc) is 2.29. The smallest absolute Gasteiger partial charge is 0.0799 e. The lowest BCUT2D eigenvalue weighted by Crippen LogP contribution is -2.42. The zero-order valence-electron chi connectivity index (χ0n) is 8.90. The molecule has 1 unspecified atom stereocenters. The van der Waals surface area contributed by atoms with E-state index in [9.17, 15) is 0 Å². The summed E-state index contributed by atoms with van der Waals surface area (Å²) in [6, 6.07) is 2.12.